The van der Waals surface area contributed by atoms with Crippen LogP contribution in [0, 0.1) is 0 Å². The summed E-state index contributed by atoms with van der Waals surface area (Å²) in [6.45, 7) is 1.41. The molecular formula is C16H19NOS. The average Bonchev–Trinajstić information content (AvgIpc) is 2.47. The molecule has 2 aromatic carbocycles. The number of nitrogens with two attached hydrogens (primary N) is 1. The predicted octanol–water partition coefficient (Wildman–Crippen LogP) is 3.36. The Labute approximate surface area is 119 Å². The van der Waals surface area contributed by atoms with Crippen LogP contribution in [0.25, 0.3) is 0 Å². The third-order valence-electron chi connectivity index (χ3n) is 2.72. The highest BCUT2D eigenvalue weighted by molar-refractivity contribution is 7.99. The van der Waals surface area contributed by atoms with Crippen molar-refractivity contribution in [2.45, 2.75) is 11.3 Å². The quantitative estimate of drug-likeness (QED) is 0.620. The molecule has 0 amide bonds. The SMILES string of the molecule is NCCc1ccc(OCCSc2ccccc2)cc1. The van der Waals surface area contributed by atoms with E-state index >= 15 is 0 Å². The first-order valence-corrected chi connectivity index (χ1v) is 7.47. The summed E-state index contributed by atoms with van der Waals surface area (Å²) in [5.74, 6) is 1.88. The van der Waals surface area contributed by atoms with E-state index < -0.39 is 0 Å². The van der Waals surface area contributed by atoms with Gasteiger partial charge in [0.2, 0.25) is 0 Å². The molecule has 0 aliphatic heterocycles. The second-order valence-electron chi connectivity index (χ2n) is 4.19. The number of rotatable bonds is 7. The van der Waals surface area contributed by atoms with Crippen LogP contribution in [0.2, 0.25) is 0 Å². The van der Waals surface area contributed by atoms with Crippen molar-refractivity contribution in [3.8, 4) is 5.75 Å². The van der Waals surface area contributed by atoms with Crippen LogP contribution in [0.5, 0.6) is 5.75 Å². The van der Waals surface area contributed by atoms with Crippen molar-refractivity contribution in [1.82, 2.24) is 0 Å². The van der Waals surface area contributed by atoms with Gasteiger partial charge in [-0.05, 0) is 42.8 Å². The zero-order valence-corrected chi connectivity index (χ0v) is 11.7. The topological polar surface area (TPSA) is 35.2 Å². The first kappa shape index (κ1) is 14.0. The van der Waals surface area contributed by atoms with Crippen molar-refractivity contribution in [2.75, 3.05) is 18.9 Å². The minimum atomic E-state index is 0.688. The molecule has 0 saturated carbocycles. The van der Waals surface area contributed by atoms with Gasteiger partial charge >= 0.3 is 0 Å². The lowest BCUT2D eigenvalue weighted by atomic mass is 10.1. The summed E-state index contributed by atoms with van der Waals surface area (Å²) in [7, 11) is 0. The van der Waals surface area contributed by atoms with Crippen molar-refractivity contribution >= 4 is 11.8 Å². The van der Waals surface area contributed by atoms with Crippen molar-refractivity contribution in [1.29, 1.82) is 0 Å². The second-order valence-corrected chi connectivity index (χ2v) is 5.36. The van der Waals surface area contributed by atoms with Crippen LogP contribution in [0.15, 0.2) is 59.5 Å². The number of benzene rings is 2. The molecule has 100 valence electrons. The Balaban J connectivity index is 1.70. The summed E-state index contributed by atoms with van der Waals surface area (Å²) in [5, 5.41) is 0. The molecule has 0 unspecified atom stereocenters. The lowest BCUT2D eigenvalue weighted by molar-refractivity contribution is 0.344. The van der Waals surface area contributed by atoms with Crippen LogP contribution in [0.4, 0.5) is 0 Å². The number of hydrogen-bond donors (Lipinski definition) is 1. The molecule has 2 rings (SSSR count). The van der Waals surface area contributed by atoms with Gasteiger partial charge in [0.15, 0.2) is 0 Å². The number of ether oxygens (including phenoxy) is 1. The maximum Gasteiger partial charge on any atom is 0.119 e. The van der Waals surface area contributed by atoms with Crippen LogP contribution < -0.4 is 10.5 Å². The molecule has 0 heterocycles. The van der Waals surface area contributed by atoms with Gasteiger partial charge in [0.1, 0.15) is 5.75 Å². The zero-order chi connectivity index (χ0) is 13.3. The highest BCUT2D eigenvalue weighted by Crippen LogP contribution is 2.17. The standard InChI is InChI=1S/C16H19NOS/c17-11-10-14-6-8-15(9-7-14)18-12-13-19-16-4-2-1-3-5-16/h1-9H,10-13,17H2. The Morgan fingerprint density at radius 2 is 1.68 bits per heavy atom. The molecule has 2 nitrogen and oxygen atoms in total. The van der Waals surface area contributed by atoms with Gasteiger partial charge in [-0.1, -0.05) is 30.3 Å². The maximum absolute atomic E-state index is 5.71. The fourth-order valence-corrected chi connectivity index (χ4v) is 2.51. The van der Waals surface area contributed by atoms with E-state index in [4.69, 9.17) is 10.5 Å². The van der Waals surface area contributed by atoms with Crippen LogP contribution >= 0.6 is 11.8 Å². The van der Waals surface area contributed by atoms with Gasteiger partial charge in [-0.15, -0.1) is 11.8 Å². The average molecular weight is 273 g/mol. The van der Waals surface area contributed by atoms with E-state index in [9.17, 15) is 0 Å². The first-order chi connectivity index (χ1) is 9.38. The molecule has 2 N–H and O–H groups in total. The summed E-state index contributed by atoms with van der Waals surface area (Å²) in [4.78, 5) is 1.28. The van der Waals surface area contributed by atoms with Gasteiger partial charge in [-0.25, -0.2) is 0 Å². The number of thioether (sulfide) groups is 1. The van der Waals surface area contributed by atoms with Crippen molar-refractivity contribution in [3.05, 3.63) is 60.2 Å². The van der Waals surface area contributed by atoms with E-state index in [2.05, 4.69) is 36.4 Å². The maximum atomic E-state index is 5.71. The van der Waals surface area contributed by atoms with Crippen LogP contribution in [0.3, 0.4) is 0 Å². The van der Waals surface area contributed by atoms with E-state index in [1.165, 1.54) is 10.5 Å². The Morgan fingerprint density at radius 1 is 0.947 bits per heavy atom. The van der Waals surface area contributed by atoms with Crippen molar-refractivity contribution < 1.29 is 4.74 Å². The van der Waals surface area contributed by atoms with E-state index in [0.717, 1.165) is 24.5 Å². The molecule has 0 bridgehead atoms. The summed E-state index contributed by atoms with van der Waals surface area (Å²) in [6, 6.07) is 18.6. The Morgan fingerprint density at radius 3 is 2.37 bits per heavy atom. The molecule has 0 aliphatic carbocycles. The predicted molar refractivity (Wildman–Crippen MR) is 81.9 cm³/mol. The Bertz CT molecular complexity index is 470. The minimum Gasteiger partial charge on any atom is -0.493 e. The number of hydrogen-bond acceptors (Lipinski definition) is 3. The molecule has 3 heteroatoms. The first-order valence-electron chi connectivity index (χ1n) is 6.48. The molecule has 0 saturated heterocycles. The third kappa shape index (κ3) is 4.97. The smallest absolute Gasteiger partial charge is 0.119 e. The van der Waals surface area contributed by atoms with Crippen molar-refractivity contribution in [3.63, 3.8) is 0 Å². The summed E-state index contributed by atoms with van der Waals surface area (Å²) >= 11 is 1.81. The fourth-order valence-electron chi connectivity index (χ4n) is 1.75. The van der Waals surface area contributed by atoms with Gasteiger partial charge in [0.25, 0.3) is 0 Å². The summed E-state index contributed by atoms with van der Waals surface area (Å²) in [5.41, 5.74) is 6.78. The zero-order valence-electron chi connectivity index (χ0n) is 10.9. The highest BCUT2D eigenvalue weighted by Gasteiger charge is 1.96. The normalized spacial score (nSPS) is 10.4. The fraction of sp³-hybridized carbons (Fsp3) is 0.250. The molecule has 0 spiro atoms. The molecule has 2 aromatic rings. The molecule has 0 atom stereocenters. The lowest BCUT2D eigenvalue weighted by Crippen LogP contribution is -2.03. The van der Waals surface area contributed by atoms with E-state index in [-0.39, 0.29) is 0 Å². The van der Waals surface area contributed by atoms with Crippen LogP contribution in [-0.2, 0) is 6.42 Å². The van der Waals surface area contributed by atoms with Gasteiger partial charge in [-0.2, -0.15) is 0 Å². The monoisotopic (exact) mass is 273 g/mol. The molecule has 19 heavy (non-hydrogen) atoms. The molecular weight excluding hydrogens is 254 g/mol. The van der Waals surface area contributed by atoms with Crippen LogP contribution in [0.1, 0.15) is 5.56 Å². The van der Waals surface area contributed by atoms with Gasteiger partial charge in [0, 0.05) is 10.6 Å². The van der Waals surface area contributed by atoms with Crippen molar-refractivity contribution in [2.24, 2.45) is 5.73 Å². The largest absolute Gasteiger partial charge is 0.493 e. The third-order valence-corrected chi connectivity index (χ3v) is 3.70. The lowest BCUT2D eigenvalue weighted by Gasteiger charge is -2.07. The Hall–Kier alpha value is -1.45. The van der Waals surface area contributed by atoms with Crippen LogP contribution in [-0.4, -0.2) is 18.9 Å². The molecule has 0 fully saturated rings. The minimum absolute atomic E-state index is 0.688. The molecule has 0 aromatic heterocycles. The Kier molecular flexibility index (Phi) is 5.79. The second kappa shape index (κ2) is 7.87. The molecule has 0 aliphatic rings. The van der Waals surface area contributed by atoms with E-state index in [0.29, 0.717) is 6.54 Å². The van der Waals surface area contributed by atoms with E-state index in [1.807, 2.05) is 30.0 Å². The van der Waals surface area contributed by atoms with E-state index in [1.54, 1.807) is 0 Å². The highest BCUT2D eigenvalue weighted by atomic mass is 32.2. The van der Waals surface area contributed by atoms with Gasteiger partial charge < -0.3 is 10.5 Å². The van der Waals surface area contributed by atoms with Gasteiger partial charge in [-0.3, -0.25) is 0 Å². The summed E-state index contributed by atoms with van der Waals surface area (Å²) < 4.78 is 5.71. The van der Waals surface area contributed by atoms with Gasteiger partial charge in [0.05, 0.1) is 6.61 Å². The summed E-state index contributed by atoms with van der Waals surface area (Å²) in [6.07, 6.45) is 0.921. The molecule has 0 radical (unpaired) electrons.